The summed E-state index contributed by atoms with van der Waals surface area (Å²) in [7, 11) is 0. The highest BCUT2D eigenvalue weighted by molar-refractivity contribution is 7.18. The second-order valence-corrected chi connectivity index (χ2v) is 7.91. The van der Waals surface area contributed by atoms with Crippen LogP contribution < -0.4 is 10.6 Å². The molecule has 146 valence electrons. The summed E-state index contributed by atoms with van der Waals surface area (Å²) in [4.78, 5) is 27.7. The minimum atomic E-state index is -0.130. The van der Waals surface area contributed by atoms with Gasteiger partial charge in [0.25, 0.3) is 0 Å². The SMILES string of the molecule is CC(CO)Nc1ncc2c(n1)CN(C(=O)NCc1nc3ccccc3s1)CC2. The maximum Gasteiger partial charge on any atom is 0.318 e. The fraction of sp³-hybridized carbons (Fsp3) is 0.368. The minimum absolute atomic E-state index is 0.000736. The molecule has 2 aromatic heterocycles. The number of urea groups is 1. The van der Waals surface area contributed by atoms with Crippen molar-refractivity contribution in [3.63, 3.8) is 0 Å². The van der Waals surface area contributed by atoms with Gasteiger partial charge in [0.2, 0.25) is 5.95 Å². The number of carbonyl (C=O) groups excluding carboxylic acids is 1. The van der Waals surface area contributed by atoms with E-state index >= 15 is 0 Å². The first-order chi connectivity index (χ1) is 13.6. The number of aliphatic hydroxyl groups is 1. The number of aromatic nitrogens is 3. The number of amides is 2. The molecule has 9 heteroatoms. The second kappa shape index (κ2) is 8.07. The number of rotatable bonds is 5. The predicted molar refractivity (Wildman–Crippen MR) is 108 cm³/mol. The third kappa shape index (κ3) is 4.05. The molecule has 1 atom stereocenters. The Labute approximate surface area is 166 Å². The van der Waals surface area contributed by atoms with E-state index in [-0.39, 0.29) is 18.7 Å². The van der Waals surface area contributed by atoms with Crippen molar-refractivity contribution in [2.45, 2.75) is 32.5 Å². The summed E-state index contributed by atoms with van der Waals surface area (Å²) in [5, 5.41) is 16.1. The Morgan fingerprint density at radius 2 is 2.21 bits per heavy atom. The summed E-state index contributed by atoms with van der Waals surface area (Å²) in [6.07, 6.45) is 2.52. The summed E-state index contributed by atoms with van der Waals surface area (Å²) in [6.45, 7) is 3.32. The third-order valence-corrected chi connectivity index (χ3v) is 5.65. The molecule has 1 aliphatic rings. The molecule has 3 heterocycles. The van der Waals surface area contributed by atoms with Crippen LogP contribution in [0, 0.1) is 0 Å². The number of fused-ring (bicyclic) bond motifs is 2. The van der Waals surface area contributed by atoms with Crippen molar-refractivity contribution in [1.82, 2.24) is 25.2 Å². The lowest BCUT2D eigenvalue weighted by Crippen LogP contribution is -2.42. The van der Waals surface area contributed by atoms with Crippen LogP contribution in [0.2, 0.25) is 0 Å². The van der Waals surface area contributed by atoms with Gasteiger partial charge < -0.3 is 20.6 Å². The lowest BCUT2D eigenvalue weighted by Gasteiger charge is -2.28. The first-order valence-electron chi connectivity index (χ1n) is 9.22. The highest BCUT2D eigenvalue weighted by atomic mass is 32.1. The van der Waals surface area contributed by atoms with E-state index in [0.717, 1.165) is 32.9 Å². The van der Waals surface area contributed by atoms with Crippen LogP contribution in [0.3, 0.4) is 0 Å². The van der Waals surface area contributed by atoms with Gasteiger partial charge in [0.1, 0.15) is 5.01 Å². The minimum Gasteiger partial charge on any atom is -0.394 e. The predicted octanol–water partition coefficient (Wildman–Crippen LogP) is 2.15. The molecule has 3 N–H and O–H groups in total. The van der Waals surface area contributed by atoms with Gasteiger partial charge in [0.05, 0.1) is 35.6 Å². The van der Waals surface area contributed by atoms with Crippen molar-refractivity contribution < 1.29 is 9.90 Å². The molecule has 0 radical (unpaired) electrons. The summed E-state index contributed by atoms with van der Waals surface area (Å²) < 4.78 is 1.12. The van der Waals surface area contributed by atoms with Crippen LogP contribution in [-0.4, -0.2) is 50.2 Å². The summed E-state index contributed by atoms with van der Waals surface area (Å²) in [5.41, 5.74) is 2.85. The smallest absolute Gasteiger partial charge is 0.318 e. The van der Waals surface area contributed by atoms with Crippen LogP contribution >= 0.6 is 11.3 Å². The quantitative estimate of drug-likeness (QED) is 0.608. The lowest BCUT2D eigenvalue weighted by atomic mass is 10.1. The fourth-order valence-electron chi connectivity index (χ4n) is 3.07. The summed E-state index contributed by atoms with van der Waals surface area (Å²) in [6, 6.07) is 7.70. The van der Waals surface area contributed by atoms with Crippen LogP contribution in [0.1, 0.15) is 23.2 Å². The molecule has 0 spiro atoms. The number of hydrogen-bond acceptors (Lipinski definition) is 7. The second-order valence-electron chi connectivity index (χ2n) is 6.80. The van der Waals surface area contributed by atoms with Gasteiger partial charge in [0, 0.05) is 18.8 Å². The summed E-state index contributed by atoms with van der Waals surface area (Å²) >= 11 is 1.59. The molecule has 1 aromatic carbocycles. The molecule has 8 nitrogen and oxygen atoms in total. The monoisotopic (exact) mass is 398 g/mol. The molecule has 1 aliphatic heterocycles. The van der Waals surface area contributed by atoms with Crippen molar-refractivity contribution in [2.24, 2.45) is 0 Å². The van der Waals surface area contributed by atoms with E-state index in [1.807, 2.05) is 31.2 Å². The van der Waals surface area contributed by atoms with Crippen LogP contribution in [0.4, 0.5) is 10.7 Å². The zero-order valence-corrected chi connectivity index (χ0v) is 16.4. The van der Waals surface area contributed by atoms with Gasteiger partial charge in [-0.3, -0.25) is 0 Å². The standard InChI is InChI=1S/C19H22N6O2S/c1-12(11-26)22-18-20-8-13-6-7-25(10-15(13)24-18)19(27)21-9-17-23-14-4-2-3-5-16(14)28-17/h2-5,8,12,26H,6-7,9-11H2,1H3,(H,21,27)(H,20,22,24). The number of aliphatic hydroxyl groups excluding tert-OH is 1. The highest BCUT2D eigenvalue weighted by Crippen LogP contribution is 2.22. The molecule has 3 aromatic rings. The van der Waals surface area contributed by atoms with E-state index in [2.05, 4.69) is 25.6 Å². The van der Waals surface area contributed by atoms with Crippen LogP contribution in [0.5, 0.6) is 0 Å². The number of anilines is 1. The van der Waals surface area contributed by atoms with E-state index in [1.54, 1.807) is 22.4 Å². The van der Waals surface area contributed by atoms with E-state index in [0.29, 0.717) is 25.6 Å². The number of carbonyl (C=O) groups is 1. The van der Waals surface area contributed by atoms with Gasteiger partial charge in [-0.1, -0.05) is 12.1 Å². The summed E-state index contributed by atoms with van der Waals surface area (Å²) in [5.74, 6) is 0.469. The normalized spacial score (nSPS) is 14.6. The third-order valence-electron chi connectivity index (χ3n) is 4.61. The highest BCUT2D eigenvalue weighted by Gasteiger charge is 2.22. The Hall–Kier alpha value is -2.78. The number of thiazole rings is 1. The van der Waals surface area contributed by atoms with E-state index in [4.69, 9.17) is 5.11 Å². The molecule has 2 amide bonds. The average Bonchev–Trinajstić information content (AvgIpc) is 3.14. The van der Waals surface area contributed by atoms with Crippen molar-refractivity contribution >= 4 is 33.5 Å². The maximum atomic E-state index is 12.6. The topological polar surface area (TPSA) is 103 Å². The molecule has 0 aliphatic carbocycles. The molecular formula is C19H22N6O2S. The molecular weight excluding hydrogens is 376 g/mol. The van der Waals surface area contributed by atoms with Gasteiger partial charge in [0.15, 0.2) is 0 Å². The Morgan fingerprint density at radius 3 is 3.04 bits per heavy atom. The Bertz CT molecular complexity index is 958. The van der Waals surface area contributed by atoms with Crippen LogP contribution in [-0.2, 0) is 19.5 Å². The van der Waals surface area contributed by atoms with E-state index in [9.17, 15) is 4.79 Å². The maximum absolute atomic E-state index is 12.6. The van der Waals surface area contributed by atoms with Crippen molar-refractivity contribution in [3.05, 3.63) is 46.7 Å². The first-order valence-corrected chi connectivity index (χ1v) is 10.0. The van der Waals surface area contributed by atoms with Gasteiger partial charge in [-0.25, -0.2) is 19.7 Å². The van der Waals surface area contributed by atoms with Gasteiger partial charge in [-0.05, 0) is 31.0 Å². The Morgan fingerprint density at radius 1 is 1.36 bits per heavy atom. The van der Waals surface area contributed by atoms with Gasteiger partial charge >= 0.3 is 6.03 Å². The molecule has 0 saturated heterocycles. The molecule has 0 bridgehead atoms. The number of benzene rings is 1. The number of nitrogens with one attached hydrogen (secondary N) is 2. The Balaban J connectivity index is 1.38. The molecule has 0 saturated carbocycles. The van der Waals surface area contributed by atoms with Gasteiger partial charge in [-0.2, -0.15) is 0 Å². The Kier molecular flexibility index (Phi) is 5.36. The van der Waals surface area contributed by atoms with Crippen molar-refractivity contribution in [2.75, 3.05) is 18.5 Å². The zero-order chi connectivity index (χ0) is 19.5. The van der Waals surface area contributed by atoms with Crippen LogP contribution in [0.15, 0.2) is 30.5 Å². The number of nitrogens with zero attached hydrogens (tertiary/aromatic N) is 4. The van der Waals surface area contributed by atoms with E-state index in [1.165, 1.54) is 0 Å². The lowest BCUT2D eigenvalue weighted by molar-refractivity contribution is 0.191. The molecule has 4 rings (SSSR count). The van der Waals surface area contributed by atoms with Crippen molar-refractivity contribution in [3.8, 4) is 0 Å². The fourth-order valence-corrected chi connectivity index (χ4v) is 3.98. The van der Waals surface area contributed by atoms with E-state index < -0.39 is 0 Å². The molecule has 1 unspecified atom stereocenters. The van der Waals surface area contributed by atoms with Crippen LogP contribution in [0.25, 0.3) is 10.2 Å². The van der Waals surface area contributed by atoms with Crippen molar-refractivity contribution in [1.29, 1.82) is 0 Å². The molecule has 28 heavy (non-hydrogen) atoms. The van der Waals surface area contributed by atoms with Gasteiger partial charge in [-0.15, -0.1) is 11.3 Å². The zero-order valence-electron chi connectivity index (χ0n) is 15.6. The first kappa shape index (κ1) is 18.6. The average molecular weight is 398 g/mol. The number of para-hydroxylation sites is 1. The number of hydrogen-bond donors (Lipinski definition) is 3. The molecule has 0 fully saturated rings. The largest absolute Gasteiger partial charge is 0.394 e.